The van der Waals surface area contributed by atoms with E-state index >= 15 is 0 Å². The zero-order valence-electron chi connectivity index (χ0n) is 17.1. The number of nitrogens with one attached hydrogen (secondary N) is 1. The maximum absolute atomic E-state index is 12.6. The van der Waals surface area contributed by atoms with Crippen molar-refractivity contribution in [3.63, 3.8) is 0 Å². The average molecular weight is 410 g/mol. The molecule has 4 rings (SSSR count). The quantitative estimate of drug-likeness (QED) is 0.791. The molecule has 2 aromatic rings. The molecule has 2 heterocycles. The van der Waals surface area contributed by atoms with Gasteiger partial charge >= 0.3 is 0 Å². The molecular weight excluding hydrogens is 384 g/mol. The summed E-state index contributed by atoms with van der Waals surface area (Å²) in [6.07, 6.45) is 1.59. The maximum atomic E-state index is 12.6. The fraction of sp³-hybridized carbons (Fsp3) is 0.391. The highest BCUT2D eigenvalue weighted by molar-refractivity contribution is 5.96. The second kappa shape index (κ2) is 8.75. The van der Waals surface area contributed by atoms with E-state index in [1.54, 1.807) is 31.3 Å². The van der Waals surface area contributed by atoms with Gasteiger partial charge in [0.25, 0.3) is 5.91 Å². The third-order valence-electron chi connectivity index (χ3n) is 5.81. The van der Waals surface area contributed by atoms with Crippen LogP contribution in [-0.2, 0) is 14.9 Å². The Balaban J connectivity index is 1.41. The van der Waals surface area contributed by atoms with E-state index in [0.29, 0.717) is 25.3 Å². The topological polar surface area (TPSA) is 77.1 Å². The number of hydrogen-bond acceptors (Lipinski definition) is 5. The van der Waals surface area contributed by atoms with Crippen LogP contribution < -0.4 is 14.8 Å². The van der Waals surface area contributed by atoms with Crippen LogP contribution in [0.15, 0.2) is 48.5 Å². The van der Waals surface area contributed by atoms with Crippen molar-refractivity contribution in [2.75, 3.05) is 40.1 Å². The number of rotatable bonds is 6. The summed E-state index contributed by atoms with van der Waals surface area (Å²) >= 11 is 0. The number of fused-ring (bicyclic) bond motifs is 1. The highest BCUT2D eigenvalue weighted by atomic mass is 16.7. The molecule has 0 spiro atoms. The Hall–Kier alpha value is -3.06. The molecule has 0 unspecified atom stereocenters. The Labute approximate surface area is 175 Å². The molecule has 0 bridgehead atoms. The monoisotopic (exact) mass is 410 g/mol. The number of benzene rings is 2. The molecule has 7 nitrogen and oxygen atoms in total. The van der Waals surface area contributed by atoms with Crippen LogP contribution in [0, 0.1) is 0 Å². The van der Waals surface area contributed by atoms with Gasteiger partial charge in [0.05, 0.1) is 6.54 Å². The third-order valence-corrected chi connectivity index (χ3v) is 5.81. The lowest BCUT2D eigenvalue weighted by Crippen LogP contribution is -2.47. The molecule has 0 saturated carbocycles. The molecule has 1 fully saturated rings. The Morgan fingerprint density at radius 3 is 2.53 bits per heavy atom. The summed E-state index contributed by atoms with van der Waals surface area (Å²) in [7, 11) is 1.64. The van der Waals surface area contributed by atoms with Crippen molar-refractivity contribution >= 4 is 11.8 Å². The molecule has 0 aliphatic carbocycles. The van der Waals surface area contributed by atoms with Crippen LogP contribution >= 0.6 is 0 Å². The number of carbonyl (C=O) groups is 2. The van der Waals surface area contributed by atoms with Gasteiger partial charge in [0.15, 0.2) is 11.5 Å². The summed E-state index contributed by atoms with van der Waals surface area (Å²) in [6, 6.07) is 14.9. The molecular formula is C23H26N2O5. The first-order valence-electron chi connectivity index (χ1n) is 10.1. The molecule has 2 aliphatic heterocycles. The molecule has 2 amide bonds. The Bertz CT molecular complexity index is 909. The first kappa shape index (κ1) is 20.2. The van der Waals surface area contributed by atoms with Crippen LogP contribution in [0.25, 0.3) is 0 Å². The zero-order chi connectivity index (χ0) is 21.0. The van der Waals surface area contributed by atoms with Gasteiger partial charge in [0.1, 0.15) is 0 Å². The Kier molecular flexibility index (Phi) is 5.90. The van der Waals surface area contributed by atoms with Gasteiger partial charge in [-0.2, -0.15) is 0 Å². The first-order chi connectivity index (χ1) is 14.6. The minimum Gasteiger partial charge on any atom is -0.454 e. The van der Waals surface area contributed by atoms with E-state index in [4.69, 9.17) is 14.2 Å². The highest BCUT2D eigenvalue weighted by Crippen LogP contribution is 2.40. The minimum absolute atomic E-state index is 0.00144. The normalized spacial score (nSPS) is 16.7. The molecule has 158 valence electrons. The van der Waals surface area contributed by atoms with E-state index in [1.807, 2.05) is 24.3 Å². The average Bonchev–Trinajstić information content (AvgIpc) is 3.26. The standard InChI is InChI=1S/C23H26N2O5/c1-25(22(27)17-5-3-2-4-6-17)14-21(26)24-15-23(9-11-28-12-10-23)18-7-8-19-20(13-18)30-16-29-19/h2-8,13H,9-12,14-16H2,1H3,(H,24,26). The lowest BCUT2D eigenvalue weighted by Gasteiger charge is -2.38. The van der Waals surface area contributed by atoms with E-state index in [2.05, 4.69) is 5.32 Å². The van der Waals surface area contributed by atoms with E-state index in [1.165, 1.54) is 4.90 Å². The summed E-state index contributed by atoms with van der Waals surface area (Å²) in [5.41, 5.74) is 1.43. The first-order valence-corrected chi connectivity index (χ1v) is 10.1. The number of nitrogens with zero attached hydrogens (tertiary/aromatic N) is 1. The van der Waals surface area contributed by atoms with E-state index in [0.717, 1.165) is 29.9 Å². The molecule has 0 atom stereocenters. The van der Waals surface area contributed by atoms with Crippen LogP contribution in [0.2, 0.25) is 0 Å². The fourth-order valence-corrected chi connectivity index (χ4v) is 3.97. The van der Waals surface area contributed by atoms with Crippen LogP contribution in [0.5, 0.6) is 11.5 Å². The summed E-state index contributed by atoms with van der Waals surface area (Å²) in [5.74, 6) is 1.11. The number of amides is 2. The van der Waals surface area contributed by atoms with Crippen LogP contribution in [-0.4, -0.2) is 56.9 Å². The van der Waals surface area contributed by atoms with Crippen LogP contribution in [0.1, 0.15) is 28.8 Å². The lowest BCUT2D eigenvalue weighted by molar-refractivity contribution is -0.122. The Morgan fingerprint density at radius 1 is 1.03 bits per heavy atom. The van der Waals surface area contributed by atoms with Crippen molar-refractivity contribution in [1.82, 2.24) is 10.2 Å². The van der Waals surface area contributed by atoms with E-state index in [-0.39, 0.29) is 30.6 Å². The van der Waals surface area contributed by atoms with Crippen molar-refractivity contribution in [3.8, 4) is 11.5 Å². The third kappa shape index (κ3) is 4.26. The summed E-state index contributed by atoms with van der Waals surface area (Å²) in [4.78, 5) is 26.5. The number of carbonyl (C=O) groups excluding carboxylic acids is 2. The second-order valence-electron chi connectivity index (χ2n) is 7.76. The van der Waals surface area contributed by atoms with Crippen molar-refractivity contribution < 1.29 is 23.8 Å². The van der Waals surface area contributed by atoms with Gasteiger partial charge in [-0.3, -0.25) is 9.59 Å². The van der Waals surface area contributed by atoms with Crippen LogP contribution in [0.3, 0.4) is 0 Å². The summed E-state index contributed by atoms with van der Waals surface area (Å²) in [5, 5.41) is 3.04. The maximum Gasteiger partial charge on any atom is 0.254 e. The van der Waals surface area contributed by atoms with Gasteiger partial charge in [-0.25, -0.2) is 0 Å². The molecule has 7 heteroatoms. The SMILES string of the molecule is CN(CC(=O)NCC1(c2ccc3c(c2)OCO3)CCOCC1)C(=O)c1ccccc1. The summed E-state index contributed by atoms with van der Waals surface area (Å²) < 4.78 is 16.5. The molecule has 1 saturated heterocycles. The predicted octanol–water partition coefficient (Wildman–Crippen LogP) is 2.35. The fourth-order valence-electron chi connectivity index (χ4n) is 3.97. The Morgan fingerprint density at radius 2 is 1.77 bits per heavy atom. The molecule has 1 N–H and O–H groups in total. The molecule has 2 aromatic carbocycles. The van der Waals surface area contributed by atoms with Gasteiger partial charge in [0.2, 0.25) is 12.7 Å². The second-order valence-corrected chi connectivity index (χ2v) is 7.76. The molecule has 0 aromatic heterocycles. The van der Waals surface area contributed by atoms with Crippen molar-refractivity contribution in [2.24, 2.45) is 0 Å². The molecule has 0 radical (unpaired) electrons. The van der Waals surface area contributed by atoms with E-state index in [9.17, 15) is 9.59 Å². The zero-order valence-corrected chi connectivity index (χ0v) is 17.1. The number of likely N-dealkylation sites (N-methyl/N-ethyl adjacent to an activating group) is 1. The largest absolute Gasteiger partial charge is 0.454 e. The van der Waals surface area contributed by atoms with Gasteiger partial charge in [0, 0.05) is 37.8 Å². The van der Waals surface area contributed by atoms with Crippen molar-refractivity contribution in [3.05, 3.63) is 59.7 Å². The molecule has 30 heavy (non-hydrogen) atoms. The van der Waals surface area contributed by atoms with E-state index < -0.39 is 0 Å². The molecule has 2 aliphatic rings. The lowest BCUT2D eigenvalue weighted by atomic mass is 9.74. The van der Waals surface area contributed by atoms with Gasteiger partial charge in [-0.05, 0) is 42.7 Å². The van der Waals surface area contributed by atoms with Gasteiger partial charge in [-0.15, -0.1) is 0 Å². The number of hydrogen-bond donors (Lipinski definition) is 1. The smallest absolute Gasteiger partial charge is 0.254 e. The highest BCUT2D eigenvalue weighted by Gasteiger charge is 2.36. The number of ether oxygens (including phenoxy) is 3. The summed E-state index contributed by atoms with van der Waals surface area (Å²) in [6.45, 7) is 1.98. The minimum atomic E-state index is -0.239. The van der Waals surface area contributed by atoms with Crippen molar-refractivity contribution in [1.29, 1.82) is 0 Å². The van der Waals surface area contributed by atoms with Crippen molar-refractivity contribution in [2.45, 2.75) is 18.3 Å². The van der Waals surface area contributed by atoms with Gasteiger partial charge < -0.3 is 24.4 Å². The van der Waals surface area contributed by atoms with Gasteiger partial charge in [-0.1, -0.05) is 24.3 Å². The van der Waals surface area contributed by atoms with Crippen LogP contribution in [0.4, 0.5) is 0 Å². The predicted molar refractivity (Wildman–Crippen MR) is 111 cm³/mol.